The van der Waals surface area contributed by atoms with Crippen molar-refractivity contribution in [3.63, 3.8) is 0 Å². The smallest absolute Gasteiger partial charge is 0.306 e. The van der Waals surface area contributed by atoms with Gasteiger partial charge in [0, 0.05) is 11.9 Å². The van der Waals surface area contributed by atoms with Crippen molar-refractivity contribution in [1.82, 2.24) is 4.98 Å². The fourth-order valence-corrected chi connectivity index (χ4v) is 4.65. The van der Waals surface area contributed by atoms with Crippen molar-refractivity contribution in [1.29, 1.82) is 0 Å². The average molecular weight is 277 g/mol. The van der Waals surface area contributed by atoms with Gasteiger partial charge in [-0.25, -0.2) is 4.98 Å². The summed E-state index contributed by atoms with van der Waals surface area (Å²) in [6.45, 7) is 2.36. The molecule has 2 unspecified atom stereocenters. The number of carbonyl (C=O) groups is 1. The molecule has 19 heavy (non-hydrogen) atoms. The number of pyridine rings is 1. The Bertz CT molecular complexity index is 478. The van der Waals surface area contributed by atoms with Gasteiger partial charge in [0.05, 0.1) is 18.1 Å². The van der Waals surface area contributed by atoms with Crippen LogP contribution < -0.4 is 0 Å². The molecule has 0 radical (unpaired) electrons. The van der Waals surface area contributed by atoms with E-state index in [2.05, 4.69) is 11.1 Å². The summed E-state index contributed by atoms with van der Waals surface area (Å²) < 4.78 is 5.09. The molecule has 102 valence electrons. The molecule has 0 spiro atoms. The van der Waals surface area contributed by atoms with Crippen molar-refractivity contribution in [3.05, 3.63) is 24.4 Å². The fourth-order valence-electron chi connectivity index (χ4n) is 3.36. The fraction of sp³-hybridized carbons (Fsp3) is 0.600. The first-order valence-electron chi connectivity index (χ1n) is 6.89. The normalized spacial score (nSPS) is 31.2. The van der Waals surface area contributed by atoms with Crippen LogP contribution in [0, 0.1) is 10.8 Å². The zero-order valence-electron chi connectivity index (χ0n) is 11.2. The lowest BCUT2D eigenvalue weighted by atomic mass is 9.73. The molecule has 3 rings (SSSR count). The second-order valence-electron chi connectivity index (χ2n) is 5.68. The minimum absolute atomic E-state index is 0.0214. The molecule has 2 fully saturated rings. The number of fused-ring (bicyclic) bond motifs is 1. The van der Waals surface area contributed by atoms with Crippen molar-refractivity contribution < 1.29 is 9.53 Å². The number of hydrogen-bond donors (Lipinski definition) is 0. The molecule has 2 aliphatic carbocycles. The highest BCUT2D eigenvalue weighted by atomic mass is 32.2. The van der Waals surface area contributed by atoms with Gasteiger partial charge in [0.15, 0.2) is 0 Å². The van der Waals surface area contributed by atoms with Gasteiger partial charge in [-0.05, 0) is 49.1 Å². The maximum absolute atomic E-state index is 11.7. The monoisotopic (exact) mass is 277 g/mol. The summed E-state index contributed by atoms with van der Waals surface area (Å²) in [6, 6.07) is 6.01. The minimum Gasteiger partial charge on any atom is -0.466 e. The van der Waals surface area contributed by atoms with Crippen molar-refractivity contribution in [3.8, 4) is 0 Å². The van der Waals surface area contributed by atoms with Gasteiger partial charge in [0.25, 0.3) is 0 Å². The Labute approximate surface area is 118 Å². The van der Waals surface area contributed by atoms with E-state index in [9.17, 15) is 4.79 Å². The van der Waals surface area contributed by atoms with E-state index in [0.717, 1.165) is 10.8 Å². The zero-order chi connectivity index (χ0) is 13.3. The van der Waals surface area contributed by atoms with E-state index in [1.54, 1.807) is 0 Å². The van der Waals surface area contributed by atoms with Gasteiger partial charge in [-0.15, -0.1) is 11.8 Å². The van der Waals surface area contributed by atoms with Gasteiger partial charge in [0.1, 0.15) is 0 Å². The van der Waals surface area contributed by atoms with Crippen molar-refractivity contribution >= 4 is 17.7 Å². The lowest BCUT2D eigenvalue weighted by Crippen LogP contribution is -2.30. The Hall–Kier alpha value is -1.03. The summed E-state index contributed by atoms with van der Waals surface area (Å²) in [5, 5.41) is 1.08. The van der Waals surface area contributed by atoms with Crippen LogP contribution in [0.25, 0.3) is 0 Å². The van der Waals surface area contributed by atoms with Crippen LogP contribution in [0.2, 0.25) is 0 Å². The van der Waals surface area contributed by atoms with Crippen LogP contribution in [0.3, 0.4) is 0 Å². The van der Waals surface area contributed by atoms with Crippen LogP contribution >= 0.6 is 11.8 Å². The number of rotatable bonds is 6. The molecule has 0 amide bonds. The number of ether oxygens (including phenoxy) is 1. The molecule has 1 heterocycles. The quantitative estimate of drug-likeness (QED) is 0.591. The maximum Gasteiger partial charge on any atom is 0.306 e. The lowest BCUT2D eigenvalue weighted by Gasteiger charge is -2.34. The second-order valence-corrected chi connectivity index (χ2v) is 6.67. The van der Waals surface area contributed by atoms with Gasteiger partial charge < -0.3 is 4.74 Å². The number of aromatic nitrogens is 1. The largest absolute Gasteiger partial charge is 0.466 e. The van der Waals surface area contributed by atoms with Crippen LogP contribution in [0.1, 0.15) is 32.6 Å². The van der Waals surface area contributed by atoms with E-state index < -0.39 is 0 Å². The van der Waals surface area contributed by atoms with Crippen LogP contribution in [0.5, 0.6) is 0 Å². The molecule has 0 saturated heterocycles. The highest BCUT2D eigenvalue weighted by Gasteiger charge is 2.73. The Morgan fingerprint density at radius 1 is 1.42 bits per heavy atom. The molecule has 0 aromatic carbocycles. The molecule has 3 nitrogen and oxygen atoms in total. The SMILES string of the molecule is CCOC(=O)CC12CCC1(CSc1ccccn1)C2. The van der Waals surface area contributed by atoms with Crippen molar-refractivity contribution in [2.75, 3.05) is 12.4 Å². The molecule has 1 aromatic rings. The topological polar surface area (TPSA) is 39.2 Å². The Balaban J connectivity index is 1.54. The summed E-state index contributed by atoms with van der Waals surface area (Å²) >= 11 is 1.82. The lowest BCUT2D eigenvalue weighted by molar-refractivity contribution is -0.145. The highest BCUT2D eigenvalue weighted by Crippen LogP contribution is 2.80. The Morgan fingerprint density at radius 2 is 2.26 bits per heavy atom. The number of carbonyl (C=O) groups excluding carboxylic acids is 1. The Kier molecular flexibility index (Phi) is 3.29. The van der Waals surface area contributed by atoms with Crippen LogP contribution in [-0.2, 0) is 9.53 Å². The van der Waals surface area contributed by atoms with Crippen molar-refractivity contribution in [2.24, 2.45) is 10.8 Å². The van der Waals surface area contributed by atoms with Gasteiger partial charge in [-0.1, -0.05) is 6.07 Å². The average Bonchev–Trinajstić information content (AvgIpc) is 2.85. The first kappa shape index (κ1) is 13.0. The minimum atomic E-state index is -0.0214. The summed E-state index contributed by atoms with van der Waals surface area (Å²) in [4.78, 5) is 16.0. The van der Waals surface area contributed by atoms with Crippen LogP contribution in [0.15, 0.2) is 29.4 Å². The van der Waals surface area contributed by atoms with Crippen molar-refractivity contribution in [2.45, 2.75) is 37.6 Å². The molecule has 0 bridgehead atoms. The summed E-state index contributed by atoms with van der Waals surface area (Å²) in [7, 11) is 0. The predicted octanol–water partition coefficient (Wildman–Crippen LogP) is 3.30. The number of nitrogens with zero attached hydrogens (tertiary/aromatic N) is 1. The molecular formula is C15H19NO2S. The van der Waals surface area contributed by atoms with E-state index in [1.165, 1.54) is 19.3 Å². The first-order valence-corrected chi connectivity index (χ1v) is 7.88. The third kappa shape index (κ3) is 2.27. The van der Waals surface area contributed by atoms with Crippen LogP contribution in [0.4, 0.5) is 0 Å². The molecule has 0 N–H and O–H groups in total. The molecule has 4 heteroatoms. The summed E-state index contributed by atoms with van der Waals surface area (Å²) in [5.41, 5.74) is 0.656. The van der Waals surface area contributed by atoms with Crippen LogP contribution in [-0.4, -0.2) is 23.3 Å². The molecule has 0 aliphatic heterocycles. The zero-order valence-corrected chi connectivity index (χ0v) is 12.0. The third-order valence-electron chi connectivity index (χ3n) is 4.68. The van der Waals surface area contributed by atoms with E-state index in [1.807, 2.05) is 37.0 Å². The van der Waals surface area contributed by atoms with E-state index in [-0.39, 0.29) is 11.4 Å². The maximum atomic E-state index is 11.7. The molecule has 1 aromatic heterocycles. The first-order chi connectivity index (χ1) is 9.20. The van der Waals surface area contributed by atoms with Gasteiger partial charge >= 0.3 is 5.97 Å². The Morgan fingerprint density at radius 3 is 2.89 bits per heavy atom. The number of thioether (sulfide) groups is 1. The van der Waals surface area contributed by atoms with Gasteiger partial charge in [-0.3, -0.25) is 4.79 Å². The second kappa shape index (κ2) is 4.82. The predicted molar refractivity (Wildman–Crippen MR) is 74.9 cm³/mol. The van der Waals surface area contributed by atoms with E-state index in [0.29, 0.717) is 18.4 Å². The molecular weight excluding hydrogens is 258 g/mol. The van der Waals surface area contributed by atoms with E-state index >= 15 is 0 Å². The van der Waals surface area contributed by atoms with Gasteiger partial charge in [0.2, 0.25) is 0 Å². The van der Waals surface area contributed by atoms with Gasteiger partial charge in [-0.2, -0.15) is 0 Å². The standard InChI is InChI=1S/C15H19NO2S/c1-2-18-13(17)9-14-6-7-15(14,10-14)11-19-12-5-3-4-8-16-12/h3-5,8H,2,6-7,9-11H2,1H3. The number of esters is 1. The molecule has 2 saturated carbocycles. The summed E-state index contributed by atoms with van der Waals surface area (Å²) in [6.07, 6.45) is 6.09. The molecule has 2 atom stereocenters. The summed E-state index contributed by atoms with van der Waals surface area (Å²) in [5.74, 6) is 1.07. The number of hydrogen-bond acceptors (Lipinski definition) is 4. The molecule has 2 aliphatic rings. The highest BCUT2D eigenvalue weighted by molar-refractivity contribution is 7.99. The third-order valence-corrected chi connectivity index (χ3v) is 5.92. The van der Waals surface area contributed by atoms with E-state index in [4.69, 9.17) is 4.74 Å².